The smallest absolute Gasteiger partial charge is 0.260 e. The summed E-state index contributed by atoms with van der Waals surface area (Å²) in [5.74, 6) is 0.844. The quantitative estimate of drug-likeness (QED) is 0.740. The molecule has 1 aromatic carbocycles. The Labute approximate surface area is 178 Å². The van der Waals surface area contributed by atoms with E-state index in [-0.39, 0.29) is 30.9 Å². The van der Waals surface area contributed by atoms with Crippen LogP contribution in [0.15, 0.2) is 24.3 Å². The van der Waals surface area contributed by atoms with Crippen LogP contribution in [0.25, 0.3) is 0 Å². The summed E-state index contributed by atoms with van der Waals surface area (Å²) in [5, 5.41) is 0.668. The van der Waals surface area contributed by atoms with Gasteiger partial charge in [0.25, 0.3) is 11.8 Å². The average molecular weight is 429 g/mol. The van der Waals surface area contributed by atoms with Gasteiger partial charge < -0.3 is 24.2 Å². The molecular weight excluding hydrogens is 406 g/mol. The Balaban J connectivity index is 1.49. The number of benzene rings is 1. The molecule has 0 saturated heterocycles. The maximum atomic E-state index is 12.8. The van der Waals surface area contributed by atoms with Crippen LogP contribution in [0.3, 0.4) is 0 Å². The van der Waals surface area contributed by atoms with Gasteiger partial charge in [0.1, 0.15) is 23.0 Å². The standard InChI is InChI=1S/C21H23N3O5S/c1-22-11-17(25)23(2)21-19(20(22)27)15-7-8-24(10-16(15)30-21)18(26)12-29-14-6-4-5-13(9-14)28-3/h4-6,9H,7-8,10-12H2,1-3H3. The fraction of sp³-hybridized carbons (Fsp3) is 0.381. The number of hydrogen-bond acceptors (Lipinski definition) is 6. The zero-order valence-electron chi connectivity index (χ0n) is 17.1. The van der Waals surface area contributed by atoms with Gasteiger partial charge in [0.05, 0.1) is 19.2 Å². The van der Waals surface area contributed by atoms with Crippen molar-refractivity contribution in [2.45, 2.75) is 13.0 Å². The van der Waals surface area contributed by atoms with E-state index in [2.05, 4.69) is 0 Å². The van der Waals surface area contributed by atoms with Crippen molar-refractivity contribution >= 4 is 34.1 Å². The predicted octanol–water partition coefficient (Wildman–Crippen LogP) is 1.77. The second-order valence-corrected chi connectivity index (χ2v) is 8.41. The Morgan fingerprint density at radius 1 is 1.17 bits per heavy atom. The minimum atomic E-state index is -0.138. The molecule has 1 aromatic heterocycles. The Morgan fingerprint density at radius 3 is 2.70 bits per heavy atom. The molecule has 158 valence electrons. The van der Waals surface area contributed by atoms with Crippen molar-refractivity contribution in [2.75, 3.05) is 45.8 Å². The monoisotopic (exact) mass is 429 g/mol. The summed E-state index contributed by atoms with van der Waals surface area (Å²) in [5.41, 5.74) is 1.55. The van der Waals surface area contributed by atoms with E-state index in [0.717, 1.165) is 10.4 Å². The van der Waals surface area contributed by atoms with Crippen molar-refractivity contribution in [3.63, 3.8) is 0 Å². The van der Waals surface area contributed by atoms with Gasteiger partial charge in [-0.1, -0.05) is 6.07 Å². The predicted molar refractivity (Wildman–Crippen MR) is 112 cm³/mol. The zero-order chi connectivity index (χ0) is 21.4. The van der Waals surface area contributed by atoms with Gasteiger partial charge in [0, 0.05) is 31.6 Å². The highest BCUT2D eigenvalue weighted by atomic mass is 32.1. The topological polar surface area (TPSA) is 79.4 Å². The maximum Gasteiger partial charge on any atom is 0.260 e. The van der Waals surface area contributed by atoms with Gasteiger partial charge in [-0.15, -0.1) is 11.3 Å². The molecule has 8 nitrogen and oxygen atoms in total. The number of fused-ring (bicyclic) bond motifs is 3. The lowest BCUT2D eigenvalue weighted by atomic mass is 10.0. The lowest BCUT2D eigenvalue weighted by Crippen LogP contribution is -2.39. The molecule has 30 heavy (non-hydrogen) atoms. The first-order valence-electron chi connectivity index (χ1n) is 9.60. The Hall–Kier alpha value is -3.07. The molecule has 3 heterocycles. The third kappa shape index (κ3) is 3.60. The number of carbonyl (C=O) groups excluding carboxylic acids is 3. The number of carbonyl (C=O) groups is 3. The third-order valence-electron chi connectivity index (χ3n) is 5.41. The summed E-state index contributed by atoms with van der Waals surface area (Å²) < 4.78 is 10.8. The first kappa shape index (κ1) is 20.2. The van der Waals surface area contributed by atoms with Gasteiger partial charge in [-0.25, -0.2) is 0 Å². The van der Waals surface area contributed by atoms with Gasteiger partial charge in [0.15, 0.2) is 6.61 Å². The molecule has 2 aliphatic heterocycles. The Kier molecular flexibility index (Phi) is 5.38. The summed E-state index contributed by atoms with van der Waals surface area (Å²) in [4.78, 5) is 43.6. The first-order valence-corrected chi connectivity index (χ1v) is 10.4. The molecule has 0 saturated carbocycles. The molecule has 2 aromatic rings. The number of hydrogen-bond donors (Lipinski definition) is 0. The van der Waals surface area contributed by atoms with E-state index < -0.39 is 0 Å². The van der Waals surface area contributed by atoms with E-state index in [4.69, 9.17) is 9.47 Å². The SMILES string of the molecule is COc1cccc(OCC(=O)N2CCc3c(sc4c3C(=O)N(C)CC(=O)N4C)C2)c1. The molecule has 0 bridgehead atoms. The van der Waals surface area contributed by atoms with Crippen LogP contribution < -0.4 is 14.4 Å². The molecule has 0 radical (unpaired) electrons. The highest BCUT2D eigenvalue weighted by Gasteiger charge is 2.36. The van der Waals surface area contributed by atoms with E-state index in [9.17, 15) is 14.4 Å². The number of nitrogens with zero attached hydrogens (tertiary/aromatic N) is 3. The van der Waals surface area contributed by atoms with Gasteiger partial charge in [-0.2, -0.15) is 0 Å². The van der Waals surface area contributed by atoms with Crippen molar-refractivity contribution in [1.29, 1.82) is 0 Å². The van der Waals surface area contributed by atoms with E-state index >= 15 is 0 Å². The van der Waals surface area contributed by atoms with E-state index in [1.54, 1.807) is 49.2 Å². The van der Waals surface area contributed by atoms with Gasteiger partial charge in [0.2, 0.25) is 5.91 Å². The van der Waals surface area contributed by atoms with Crippen molar-refractivity contribution in [3.8, 4) is 11.5 Å². The molecule has 4 rings (SSSR count). The van der Waals surface area contributed by atoms with Gasteiger partial charge >= 0.3 is 0 Å². The second kappa shape index (κ2) is 7.98. The molecule has 0 atom stereocenters. The summed E-state index contributed by atoms with van der Waals surface area (Å²) in [6, 6.07) is 7.11. The van der Waals surface area contributed by atoms with Crippen LogP contribution in [-0.2, 0) is 22.6 Å². The van der Waals surface area contributed by atoms with Crippen molar-refractivity contribution < 1.29 is 23.9 Å². The molecule has 0 aliphatic carbocycles. The van der Waals surface area contributed by atoms with Gasteiger partial charge in [-0.05, 0) is 24.1 Å². The van der Waals surface area contributed by atoms with Crippen molar-refractivity contribution in [3.05, 3.63) is 40.3 Å². The first-order chi connectivity index (χ1) is 14.4. The van der Waals surface area contributed by atoms with Crippen LogP contribution >= 0.6 is 11.3 Å². The number of ether oxygens (including phenoxy) is 2. The normalized spacial score (nSPS) is 16.2. The zero-order valence-corrected chi connectivity index (χ0v) is 18.0. The number of methoxy groups -OCH3 is 1. The molecule has 0 spiro atoms. The number of anilines is 1. The van der Waals surface area contributed by atoms with Crippen molar-refractivity contribution in [1.82, 2.24) is 9.80 Å². The highest BCUT2D eigenvalue weighted by Crippen LogP contribution is 2.40. The average Bonchev–Trinajstić information content (AvgIpc) is 3.11. The molecule has 0 N–H and O–H groups in total. The summed E-state index contributed by atoms with van der Waals surface area (Å²) in [6.45, 7) is 0.906. The fourth-order valence-electron chi connectivity index (χ4n) is 3.67. The minimum Gasteiger partial charge on any atom is -0.497 e. The second-order valence-electron chi connectivity index (χ2n) is 7.33. The lowest BCUT2D eigenvalue weighted by molar-refractivity contribution is -0.134. The van der Waals surface area contributed by atoms with E-state index in [0.29, 0.717) is 41.6 Å². The number of thiophene rings is 1. The molecule has 0 unspecified atom stereocenters. The van der Waals surface area contributed by atoms with Crippen LogP contribution in [0.5, 0.6) is 11.5 Å². The molecular formula is C21H23N3O5S. The summed E-state index contributed by atoms with van der Waals surface area (Å²) in [6.07, 6.45) is 0.577. The van der Waals surface area contributed by atoms with Gasteiger partial charge in [-0.3, -0.25) is 14.4 Å². The Bertz CT molecular complexity index is 1020. The summed E-state index contributed by atoms with van der Waals surface area (Å²) >= 11 is 1.42. The number of likely N-dealkylation sites (N-methyl/N-ethyl adjacent to an activating group) is 2. The molecule has 0 fully saturated rings. The van der Waals surface area contributed by atoms with Crippen LogP contribution in [0.1, 0.15) is 20.8 Å². The number of amides is 3. The minimum absolute atomic E-state index is 0.0672. The van der Waals surface area contributed by atoms with E-state index in [1.807, 2.05) is 6.07 Å². The molecule has 2 aliphatic rings. The Morgan fingerprint density at radius 2 is 1.93 bits per heavy atom. The van der Waals surface area contributed by atoms with Crippen LogP contribution in [0.2, 0.25) is 0 Å². The largest absolute Gasteiger partial charge is 0.497 e. The highest BCUT2D eigenvalue weighted by molar-refractivity contribution is 7.17. The maximum absolute atomic E-state index is 12.8. The summed E-state index contributed by atoms with van der Waals surface area (Å²) in [7, 11) is 4.91. The van der Waals surface area contributed by atoms with E-state index in [1.165, 1.54) is 16.2 Å². The van der Waals surface area contributed by atoms with Crippen LogP contribution in [-0.4, -0.2) is 68.4 Å². The third-order valence-corrected chi connectivity index (χ3v) is 6.70. The number of rotatable bonds is 4. The molecule has 9 heteroatoms. The molecule has 3 amide bonds. The fourth-order valence-corrected chi connectivity index (χ4v) is 5.00. The van der Waals surface area contributed by atoms with Crippen LogP contribution in [0, 0.1) is 0 Å². The van der Waals surface area contributed by atoms with Crippen LogP contribution in [0.4, 0.5) is 5.00 Å². The lowest BCUT2D eigenvalue weighted by Gasteiger charge is -2.27. The van der Waals surface area contributed by atoms with Crippen molar-refractivity contribution in [2.24, 2.45) is 0 Å².